The average molecular weight is 357 g/mol. The number of allylic oxidation sites excluding steroid dienone is 1. The third-order valence-corrected chi connectivity index (χ3v) is 6.89. The number of aryl methyl sites for hydroxylation is 1. The van der Waals surface area contributed by atoms with Gasteiger partial charge >= 0.3 is 0 Å². The highest BCUT2D eigenvalue weighted by atomic mass is 16.7. The third-order valence-electron chi connectivity index (χ3n) is 6.89. The van der Waals surface area contributed by atoms with Gasteiger partial charge in [0.25, 0.3) is 0 Å². The SMILES string of the molecule is COC1=C[C@@]23CCN(C)[C@@]2(CCc2cc4c(c(OC)c23)OCO4)CC1=O. The lowest BCUT2D eigenvalue weighted by Crippen LogP contribution is -2.60. The van der Waals surface area contributed by atoms with Gasteiger partial charge in [-0.3, -0.25) is 9.69 Å². The fourth-order valence-corrected chi connectivity index (χ4v) is 5.68. The summed E-state index contributed by atoms with van der Waals surface area (Å²) >= 11 is 0. The first-order chi connectivity index (χ1) is 12.6. The zero-order chi connectivity index (χ0) is 18.1. The molecule has 4 aliphatic rings. The molecule has 0 unspecified atom stereocenters. The number of likely N-dealkylation sites (tertiary alicyclic amines) is 1. The van der Waals surface area contributed by atoms with E-state index < -0.39 is 0 Å². The predicted octanol–water partition coefficient (Wildman–Crippen LogP) is 2.19. The van der Waals surface area contributed by atoms with Crippen molar-refractivity contribution < 1.29 is 23.7 Å². The zero-order valence-corrected chi connectivity index (χ0v) is 15.4. The Labute approximate surface area is 152 Å². The molecule has 0 spiro atoms. The maximum atomic E-state index is 12.7. The number of methoxy groups -OCH3 is 2. The van der Waals surface area contributed by atoms with Crippen molar-refractivity contribution in [3.05, 3.63) is 29.0 Å². The number of hydrogen-bond acceptors (Lipinski definition) is 6. The molecule has 1 aromatic rings. The molecule has 6 nitrogen and oxygen atoms in total. The monoisotopic (exact) mass is 357 g/mol. The first kappa shape index (κ1) is 16.0. The highest BCUT2D eigenvalue weighted by Gasteiger charge is 2.64. The molecule has 2 aliphatic heterocycles. The maximum Gasteiger partial charge on any atom is 0.231 e. The Hall–Kier alpha value is -2.21. The number of hydrogen-bond donors (Lipinski definition) is 0. The summed E-state index contributed by atoms with van der Waals surface area (Å²) in [5, 5.41) is 0. The minimum absolute atomic E-state index is 0.0834. The summed E-state index contributed by atoms with van der Waals surface area (Å²) in [5.74, 6) is 2.72. The number of carbonyl (C=O) groups is 1. The summed E-state index contributed by atoms with van der Waals surface area (Å²) in [6.45, 7) is 1.14. The first-order valence-electron chi connectivity index (χ1n) is 9.07. The van der Waals surface area contributed by atoms with E-state index in [0.29, 0.717) is 17.9 Å². The molecular formula is C20H23NO5. The van der Waals surface area contributed by atoms with Crippen LogP contribution in [0.5, 0.6) is 17.2 Å². The molecule has 138 valence electrons. The van der Waals surface area contributed by atoms with E-state index in [1.807, 2.05) is 0 Å². The minimum atomic E-state index is -0.319. The Balaban J connectivity index is 1.85. The molecule has 1 aromatic carbocycles. The predicted molar refractivity (Wildman–Crippen MR) is 93.8 cm³/mol. The molecule has 1 fully saturated rings. The number of carbonyl (C=O) groups excluding carboxylic acids is 1. The molecule has 0 saturated carbocycles. The van der Waals surface area contributed by atoms with Crippen LogP contribution in [0.1, 0.15) is 30.4 Å². The molecule has 0 radical (unpaired) electrons. The molecule has 1 saturated heterocycles. The highest BCUT2D eigenvalue weighted by molar-refractivity contribution is 5.97. The average Bonchev–Trinajstić information content (AvgIpc) is 3.22. The van der Waals surface area contributed by atoms with Crippen LogP contribution >= 0.6 is 0 Å². The van der Waals surface area contributed by atoms with Gasteiger partial charge in [0.1, 0.15) is 0 Å². The van der Waals surface area contributed by atoms with Gasteiger partial charge in [-0.05, 0) is 50.6 Å². The van der Waals surface area contributed by atoms with Crippen molar-refractivity contribution in [1.29, 1.82) is 0 Å². The van der Waals surface area contributed by atoms with Gasteiger partial charge in [0.2, 0.25) is 12.5 Å². The summed E-state index contributed by atoms with van der Waals surface area (Å²) in [7, 11) is 5.38. The molecule has 6 heteroatoms. The van der Waals surface area contributed by atoms with Crippen molar-refractivity contribution in [3.8, 4) is 17.2 Å². The second-order valence-corrected chi connectivity index (χ2v) is 7.66. The Morgan fingerprint density at radius 1 is 1.19 bits per heavy atom. The van der Waals surface area contributed by atoms with Crippen LogP contribution in [-0.2, 0) is 21.4 Å². The first-order valence-corrected chi connectivity index (χ1v) is 9.07. The molecule has 0 N–H and O–H groups in total. The van der Waals surface area contributed by atoms with Crippen LogP contribution in [0, 0.1) is 0 Å². The molecule has 0 aromatic heterocycles. The van der Waals surface area contributed by atoms with Crippen LogP contribution in [0.2, 0.25) is 0 Å². The quantitative estimate of drug-likeness (QED) is 0.809. The molecular weight excluding hydrogens is 334 g/mol. The van der Waals surface area contributed by atoms with Crippen molar-refractivity contribution >= 4 is 5.78 Å². The fourth-order valence-electron chi connectivity index (χ4n) is 5.68. The molecule has 2 aliphatic carbocycles. The van der Waals surface area contributed by atoms with Crippen molar-refractivity contribution in [2.24, 2.45) is 0 Å². The van der Waals surface area contributed by atoms with Crippen LogP contribution in [-0.4, -0.2) is 50.8 Å². The van der Waals surface area contributed by atoms with E-state index in [1.54, 1.807) is 14.2 Å². The summed E-state index contributed by atoms with van der Waals surface area (Å²) in [6.07, 6.45) is 5.27. The van der Waals surface area contributed by atoms with Crippen molar-refractivity contribution in [1.82, 2.24) is 4.90 Å². The van der Waals surface area contributed by atoms with E-state index in [2.05, 4.69) is 24.1 Å². The van der Waals surface area contributed by atoms with Crippen LogP contribution in [0.4, 0.5) is 0 Å². The van der Waals surface area contributed by atoms with Gasteiger partial charge in [-0.1, -0.05) is 0 Å². The second-order valence-electron chi connectivity index (χ2n) is 7.66. The van der Waals surface area contributed by atoms with Crippen LogP contribution < -0.4 is 14.2 Å². The number of likely N-dealkylation sites (N-methyl/N-ethyl adjacent to an activating group) is 1. The lowest BCUT2D eigenvalue weighted by molar-refractivity contribution is -0.123. The number of fused-ring (bicyclic) bond motifs is 2. The van der Waals surface area contributed by atoms with Crippen LogP contribution in [0.25, 0.3) is 0 Å². The fraction of sp³-hybridized carbons (Fsp3) is 0.550. The number of nitrogens with zero attached hydrogens (tertiary/aromatic N) is 1. The van der Waals surface area contributed by atoms with Crippen LogP contribution in [0.3, 0.4) is 0 Å². The molecule has 2 atom stereocenters. The number of benzene rings is 1. The Morgan fingerprint density at radius 3 is 2.81 bits per heavy atom. The van der Waals surface area contributed by atoms with Gasteiger partial charge in [0.15, 0.2) is 23.0 Å². The topological polar surface area (TPSA) is 57.2 Å². The zero-order valence-electron chi connectivity index (χ0n) is 15.4. The number of ether oxygens (including phenoxy) is 4. The van der Waals surface area contributed by atoms with Gasteiger partial charge in [-0.15, -0.1) is 0 Å². The standard InChI is InChI=1S/C20H23NO5/c1-21-7-6-19-10-15(23-2)13(22)9-20(19,21)5-4-12-8-14-17(26-11-25-14)18(24-3)16(12)19/h8,10H,4-7,9,11H2,1-3H3/t19-,20+/m1/s1. The Morgan fingerprint density at radius 2 is 2.04 bits per heavy atom. The van der Waals surface area contributed by atoms with Crippen molar-refractivity contribution in [2.75, 3.05) is 34.6 Å². The number of ketones is 1. The normalized spacial score (nSPS) is 31.8. The van der Waals surface area contributed by atoms with Crippen molar-refractivity contribution in [3.63, 3.8) is 0 Å². The molecule has 0 bridgehead atoms. The molecule has 26 heavy (non-hydrogen) atoms. The van der Waals surface area contributed by atoms with Gasteiger partial charge < -0.3 is 18.9 Å². The summed E-state index contributed by atoms with van der Waals surface area (Å²) < 4.78 is 22.7. The van der Waals surface area contributed by atoms with E-state index in [0.717, 1.165) is 42.9 Å². The van der Waals surface area contributed by atoms with E-state index in [9.17, 15) is 4.79 Å². The Bertz CT molecular complexity index is 847. The largest absolute Gasteiger partial charge is 0.493 e. The lowest BCUT2D eigenvalue weighted by Gasteiger charge is -2.53. The minimum Gasteiger partial charge on any atom is -0.493 e. The van der Waals surface area contributed by atoms with E-state index in [4.69, 9.17) is 18.9 Å². The third kappa shape index (κ3) is 1.68. The summed E-state index contributed by atoms with van der Waals surface area (Å²) in [5.41, 5.74) is 1.81. The van der Waals surface area contributed by atoms with Gasteiger partial charge in [0, 0.05) is 22.9 Å². The van der Waals surface area contributed by atoms with E-state index in [-0.39, 0.29) is 23.5 Å². The second kappa shape index (κ2) is 5.16. The Kier molecular flexibility index (Phi) is 3.18. The molecule has 0 amide bonds. The maximum absolute atomic E-state index is 12.7. The lowest BCUT2D eigenvalue weighted by atomic mass is 9.54. The van der Waals surface area contributed by atoms with Gasteiger partial charge in [0.05, 0.1) is 14.2 Å². The van der Waals surface area contributed by atoms with Gasteiger partial charge in [-0.2, -0.15) is 0 Å². The number of Topliss-reactive ketones (excluding diaryl/α,β-unsaturated/α-hetero) is 1. The van der Waals surface area contributed by atoms with Gasteiger partial charge in [-0.25, -0.2) is 0 Å². The van der Waals surface area contributed by atoms with E-state index in [1.165, 1.54) is 5.56 Å². The number of rotatable bonds is 2. The smallest absolute Gasteiger partial charge is 0.231 e. The van der Waals surface area contributed by atoms with Crippen molar-refractivity contribution in [2.45, 2.75) is 36.6 Å². The highest BCUT2D eigenvalue weighted by Crippen LogP contribution is 2.63. The molecule has 2 heterocycles. The van der Waals surface area contributed by atoms with Crippen LogP contribution in [0.15, 0.2) is 17.9 Å². The summed E-state index contributed by atoms with van der Waals surface area (Å²) in [4.78, 5) is 15.1. The van der Waals surface area contributed by atoms with E-state index >= 15 is 0 Å². The summed E-state index contributed by atoms with van der Waals surface area (Å²) in [6, 6.07) is 2.09. The molecule has 5 rings (SSSR count).